The van der Waals surface area contributed by atoms with Gasteiger partial charge in [-0.1, -0.05) is 19.1 Å². The van der Waals surface area contributed by atoms with Crippen LogP contribution in [0.5, 0.6) is 0 Å². The Balaban J connectivity index is 1.51. The monoisotopic (exact) mass is 430 g/mol. The van der Waals surface area contributed by atoms with Crippen LogP contribution in [0.4, 0.5) is 0 Å². The summed E-state index contributed by atoms with van der Waals surface area (Å²) in [6.45, 7) is 7.34. The molecule has 0 bridgehead atoms. The molecule has 0 unspecified atom stereocenters. The molecule has 8 heteroatoms. The maximum atomic E-state index is 13.2. The summed E-state index contributed by atoms with van der Waals surface area (Å²) >= 11 is 0. The summed E-state index contributed by atoms with van der Waals surface area (Å²) in [5.41, 5.74) is 2.80. The van der Waals surface area contributed by atoms with E-state index in [0.29, 0.717) is 53.4 Å². The van der Waals surface area contributed by atoms with Gasteiger partial charge >= 0.3 is 0 Å². The highest BCUT2D eigenvalue weighted by atomic mass is 32.2. The predicted molar refractivity (Wildman–Crippen MR) is 115 cm³/mol. The van der Waals surface area contributed by atoms with Crippen LogP contribution in [0.2, 0.25) is 0 Å². The third-order valence-electron chi connectivity index (χ3n) is 6.12. The minimum absolute atomic E-state index is 0.0422. The molecule has 1 aromatic heterocycles. The maximum Gasteiger partial charge on any atom is 0.251 e. The lowest BCUT2D eigenvalue weighted by molar-refractivity contribution is 0.0951. The molecule has 162 valence electrons. The lowest BCUT2D eigenvalue weighted by Gasteiger charge is -2.29. The van der Waals surface area contributed by atoms with E-state index in [1.54, 1.807) is 15.9 Å². The quantitative estimate of drug-likeness (QED) is 0.764. The highest BCUT2D eigenvalue weighted by molar-refractivity contribution is 7.89. The molecule has 1 aliphatic carbocycles. The van der Waals surface area contributed by atoms with Crippen LogP contribution in [0.25, 0.3) is 0 Å². The summed E-state index contributed by atoms with van der Waals surface area (Å²) in [7, 11) is -3.54. The number of nitrogens with one attached hydrogen (secondary N) is 1. The molecule has 4 rings (SSSR count). The van der Waals surface area contributed by atoms with Crippen LogP contribution in [0, 0.1) is 19.8 Å². The zero-order valence-corrected chi connectivity index (χ0v) is 18.7. The molecule has 1 aromatic carbocycles. The Kier molecular flexibility index (Phi) is 5.72. The number of aromatic nitrogens is 2. The number of rotatable bonds is 6. The van der Waals surface area contributed by atoms with Gasteiger partial charge in [0.15, 0.2) is 0 Å². The second-order valence-corrected chi connectivity index (χ2v) is 10.6. The lowest BCUT2D eigenvalue weighted by atomic mass is 10.0. The Hall–Kier alpha value is -2.19. The van der Waals surface area contributed by atoms with Gasteiger partial charge in [-0.05, 0) is 63.1 Å². The first kappa shape index (κ1) is 21.1. The summed E-state index contributed by atoms with van der Waals surface area (Å²) in [6, 6.07) is 7.75. The number of hydrogen-bond donors (Lipinski definition) is 1. The number of carbonyl (C=O) groups is 1. The van der Waals surface area contributed by atoms with Gasteiger partial charge in [-0.15, -0.1) is 0 Å². The fourth-order valence-corrected chi connectivity index (χ4v) is 5.84. The van der Waals surface area contributed by atoms with Crippen LogP contribution >= 0.6 is 0 Å². The van der Waals surface area contributed by atoms with Crippen molar-refractivity contribution in [2.45, 2.75) is 63.9 Å². The van der Waals surface area contributed by atoms with Gasteiger partial charge in [0.25, 0.3) is 5.91 Å². The van der Waals surface area contributed by atoms with Gasteiger partial charge in [0.1, 0.15) is 4.90 Å². The van der Waals surface area contributed by atoms with Crippen LogP contribution in [-0.4, -0.2) is 47.5 Å². The zero-order chi connectivity index (χ0) is 21.5. The Labute approximate surface area is 178 Å². The predicted octanol–water partition coefficient (Wildman–Crippen LogP) is 2.86. The first-order chi connectivity index (χ1) is 14.3. The Morgan fingerprint density at radius 1 is 1.10 bits per heavy atom. The molecule has 7 nitrogen and oxygen atoms in total. The van der Waals surface area contributed by atoms with E-state index in [9.17, 15) is 13.2 Å². The van der Waals surface area contributed by atoms with Crippen molar-refractivity contribution in [2.24, 2.45) is 5.92 Å². The van der Waals surface area contributed by atoms with Gasteiger partial charge in [0.05, 0.1) is 17.9 Å². The number of sulfonamides is 1. The van der Waals surface area contributed by atoms with E-state index in [-0.39, 0.29) is 5.91 Å². The summed E-state index contributed by atoms with van der Waals surface area (Å²) in [4.78, 5) is 12.5. The molecule has 1 saturated heterocycles. The van der Waals surface area contributed by atoms with Crippen LogP contribution in [0.15, 0.2) is 29.2 Å². The fraction of sp³-hybridized carbons (Fsp3) is 0.545. The zero-order valence-electron chi connectivity index (χ0n) is 17.9. The van der Waals surface area contributed by atoms with E-state index < -0.39 is 10.0 Å². The summed E-state index contributed by atoms with van der Waals surface area (Å²) < 4.78 is 29.8. The third-order valence-corrected chi connectivity index (χ3v) is 8.27. The Morgan fingerprint density at radius 3 is 2.33 bits per heavy atom. The third kappa shape index (κ3) is 4.30. The van der Waals surface area contributed by atoms with Crippen molar-refractivity contribution in [1.82, 2.24) is 19.4 Å². The normalized spacial score (nSPS) is 18.5. The highest BCUT2D eigenvalue weighted by Crippen LogP contribution is 2.28. The number of piperidine rings is 1. The average molecular weight is 431 g/mol. The Bertz CT molecular complexity index is 1030. The number of carbonyl (C=O) groups excluding carboxylic acids is 1. The summed E-state index contributed by atoms with van der Waals surface area (Å²) in [5, 5.41) is 7.50. The molecule has 1 amide bonds. The molecule has 2 aliphatic rings. The van der Waals surface area contributed by atoms with Gasteiger partial charge in [-0.2, -0.15) is 9.40 Å². The molecule has 0 radical (unpaired) electrons. The second kappa shape index (κ2) is 8.15. The van der Waals surface area contributed by atoms with E-state index in [2.05, 4.69) is 17.3 Å². The molecular formula is C22H30N4O3S. The van der Waals surface area contributed by atoms with Crippen molar-refractivity contribution >= 4 is 15.9 Å². The van der Waals surface area contributed by atoms with Crippen LogP contribution in [0.1, 0.15) is 59.9 Å². The second-order valence-electron chi connectivity index (χ2n) is 8.69. The molecule has 1 aliphatic heterocycles. The molecular weight excluding hydrogens is 400 g/mol. The molecule has 2 fully saturated rings. The smallest absolute Gasteiger partial charge is 0.251 e. The van der Waals surface area contributed by atoms with E-state index in [1.165, 1.54) is 0 Å². The van der Waals surface area contributed by atoms with Gasteiger partial charge in [-0.3, -0.25) is 9.48 Å². The first-order valence-electron chi connectivity index (χ1n) is 10.7. The van der Waals surface area contributed by atoms with Crippen molar-refractivity contribution in [3.05, 3.63) is 46.8 Å². The van der Waals surface area contributed by atoms with Crippen molar-refractivity contribution in [3.63, 3.8) is 0 Å². The minimum Gasteiger partial charge on any atom is -0.349 e. The largest absolute Gasteiger partial charge is 0.349 e. The van der Waals surface area contributed by atoms with Gasteiger partial charge in [-0.25, -0.2) is 8.42 Å². The van der Waals surface area contributed by atoms with Gasteiger partial charge in [0, 0.05) is 24.7 Å². The standard InChI is InChI=1S/C22H30N4O3S/c1-15-10-12-25(13-11-15)30(28,29)21-16(2)24-26(17(21)3)14-18-4-6-19(7-5-18)22(27)23-20-8-9-20/h4-7,15,20H,8-14H2,1-3H3,(H,23,27). The van der Waals surface area contributed by atoms with Gasteiger partial charge < -0.3 is 5.32 Å². The fourth-order valence-electron chi connectivity index (χ4n) is 3.99. The topological polar surface area (TPSA) is 84.3 Å². The van der Waals surface area contributed by atoms with Crippen LogP contribution in [-0.2, 0) is 16.6 Å². The first-order valence-corrected chi connectivity index (χ1v) is 12.1. The number of benzene rings is 1. The summed E-state index contributed by atoms with van der Waals surface area (Å²) in [6.07, 6.45) is 3.91. The van der Waals surface area contributed by atoms with Crippen molar-refractivity contribution < 1.29 is 13.2 Å². The average Bonchev–Trinajstić information content (AvgIpc) is 3.47. The number of nitrogens with zero attached hydrogens (tertiary/aromatic N) is 3. The number of aryl methyl sites for hydroxylation is 1. The van der Waals surface area contributed by atoms with Crippen molar-refractivity contribution in [2.75, 3.05) is 13.1 Å². The number of hydrogen-bond acceptors (Lipinski definition) is 4. The molecule has 30 heavy (non-hydrogen) atoms. The summed E-state index contributed by atoms with van der Waals surface area (Å²) in [5.74, 6) is 0.523. The van der Waals surface area contributed by atoms with E-state index >= 15 is 0 Å². The van der Waals surface area contributed by atoms with E-state index in [0.717, 1.165) is 31.2 Å². The van der Waals surface area contributed by atoms with E-state index in [4.69, 9.17) is 0 Å². The molecule has 2 heterocycles. The molecule has 0 atom stereocenters. The van der Waals surface area contributed by atoms with Crippen LogP contribution < -0.4 is 5.32 Å². The number of amides is 1. The van der Waals surface area contributed by atoms with Crippen molar-refractivity contribution in [1.29, 1.82) is 0 Å². The van der Waals surface area contributed by atoms with E-state index in [1.807, 2.05) is 31.2 Å². The highest BCUT2D eigenvalue weighted by Gasteiger charge is 2.33. The van der Waals surface area contributed by atoms with Gasteiger partial charge in [0.2, 0.25) is 10.0 Å². The molecule has 0 spiro atoms. The Morgan fingerprint density at radius 2 is 1.73 bits per heavy atom. The SMILES string of the molecule is Cc1nn(Cc2ccc(C(=O)NC3CC3)cc2)c(C)c1S(=O)(=O)N1CCC(C)CC1. The van der Waals surface area contributed by atoms with Crippen molar-refractivity contribution in [3.8, 4) is 0 Å². The molecule has 1 saturated carbocycles. The molecule has 1 N–H and O–H groups in total. The maximum absolute atomic E-state index is 13.2. The van der Waals surface area contributed by atoms with Crippen LogP contribution in [0.3, 0.4) is 0 Å². The minimum atomic E-state index is -3.54. The molecule has 2 aromatic rings. The lowest BCUT2D eigenvalue weighted by Crippen LogP contribution is -2.38.